The highest BCUT2D eigenvalue weighted by Gasteiger charge is 2.26. The lowest BCUT2D eigenvalue weighted by Crippen LogP contribution is -2.39. The van der Waals surface area contributed by atoms with Crippen LogP contribution in [-0.2, 0) is 34.9 Å². The Labute approximate surface area is 242 Å². The van der Waals surface area contributed by atoms with E-state index in [9.17, 15) is 19.2 Å². The van der Waals surface area contributed by atoms with E-state index in [0.29, 0.717) is 18.4 Å². The number of nitrogens with two attached hydrogens (primary N) is 1. The fraction of sp³-hybridized carbons (Fsp3) is 0.655. The molecule has 232 valence electrons. The number of esters is 1. The number of ether oxygens (including phenoxy) is 7. The molecule has 2 N–H and O–H groups in total. The van der Waals surface area contributed by atoms with E-state index in [-0.39, 0.29) is 36.0 Å². The van der Waals surface area contributed by atoms with Crippen molar-refractivity contribution in [3.05, 3.63) is 23.8 Å². The molecule has 0 saturated carbocycles. The first-order valence-electron chi connectivity index (χ1n) is 13.9. The van der Waals surface area contributed by atoms with Crippen molar-refractivity contribution in [2.75, 3.05) is 0 Å². The fourth-order valence-corrected chi connectivity index (χ4v) is 2.83. The Morgan fingerprint density at radius 2 is 1.15 bits per heavy atom. The number of hydrogen-bond acceptors (Lipinski definition) is 12. The predicted octanol–water partition coefficient (Wildman–Crippen LogP) is 5.70. The molecule has 0 aromatic heterocycles. The first-order chi connectivity index (χ1) is 19.2. The van der Waals surface area contributed by atoms with Crippen LogP contribution >= 0.6 is 0 Å². The average Bonchev–Trinajstić information content (AvgIpc) is 2.89. The topological polar surface area (TPSA) is 159 Å². The molecule has 41 heavy (non-hydrogen) atoms. The molecular formula is C29H45NO11. The molecule has 0 amide bonds. The summed E-state index contributed by atoms with van der Waals surface area (Å²) >= 11 is 0. The number of carbonyl (C=O) groups excluding carboxylic acids is 4. The highest BCUT2D eigenvalue weighted by atomic mass is 16.8. The van der Waals surface area contributed by atoms with Crippen LogP contribution in [0.15, 0.2) is 18.2 Å². The van der Waals surface area contributed by atoms with Crippen LogP contribution in [-0.4, -0.2) is 61.0 Å². The van der Waals surface area contributed by atoms with E-state index in [2.05, 4.69) is 0 Å². The predicted molar refractivity (Wildman–Crippen MR) is 149 cm³/mol. The Morgan fingerprint density at radius 1 is 0.659 bits per heavy atom. The van der Waals surface area contributed by atoms with Crippen molar-refractivity contribution in [2.45, 2.75) is 118 Å². The van der Waals surface area contributed by atoms with Crippen LogP contribution in [0.25, 0.3) is 0 Å². The van der Waals surface area contributed by atoms with Gasteiger partial charge in [-0.3, -0.25) is 4.79 Å². The third kappa shape index (κ3) is 13.1. The normalized spacial score (nSPS) is 15.4. The van der Waals surface area contributed by atoms with Crippen LogP contribution in [0.4, 0.5) is 14.4 Å². The first-order valence-corrected chi connectivity index (χ1v) is 13.9. The second kappa shape index (κ2) is 17.3. The van der Waals surface area contributed by atoms with Gasteiger partial charge in [0.15, 0.2) is 11.5 Å². The lowest BCUT2D eigenvalue weighted by molar-refractivity contribution is -0.155. The van der Waals surface area contributed by atoms with Gasteiger partial charge in [-0.15, -0.1) is 0 Å². The number of hydrogen-bond donors (Lipinski definition) is 1. The van der Waals surface area contributed by atoms with Crippen molar-refractivity contribution in [1.29, 1.82) is 0 Å². The van der Waals surface area contributed by atoms with Gasteiger partial charge in [0, 0.05) is 0 Å². The van der Waals surface area contributed by atoms with E-state index in [1.807, 2.05) is 27.7 Å². The van der Waals surface area contributed by atoms with Crippen LogP contribution < -0.4 is 15.2 Å². The molecule has 0 heterocycles. The van der Waals surface area contributed by atoms with Gasteiger partial charge in [0.05, 0.1) is 0 Å². The van der Waals surface area contributed by atoms with E-state index in [1.165, 1.54) is 12.1 Å². The molecule has 0 radical (unpaired) electrons. The summed E-state index contributed by atoms with van der Waals surface area (Å²) in [5, 5.41) is 0. The zero-order valence-electron chi connectivity index (χ0n) is 25.5. The van der Waals surface area contributed by atoms with Gasteiger partial charge in [0.25, 0.3) is 0 Å². The lowest BCUT2D eigenvalue weighted by atomic mass is 10.1. The molecule has 1 aromatic rings. The molecule has 12 heteroatoms. The largest absolute Gasteiger partial charge is 0.514 e. The molecule has 6 atom stereocenters. The van der Waals surface area contributed by atoms with E-state index >= 15 is 0 Å². The average molecular weight is 584 g/mol. The van der Waals surface area contributed by atoms with Crippen LogP contribution in [0.3, 0.4) is 0 Å². The highest BCUT2D eigenvalue weighted by Crippen LogP contribution is 2.30. The Balaban J connectivity index is 2.92. The maximum absolute atomic E-state index is 12.7. The van der Waals surface area contributed by atoms with E-state index in [1.54, 1.807) is 40.7 Å². The van der Waals surface area contributed by atoms with Gasteiger partial charge in [-0.2, -0.15) is 0 Å². The smallest absolute Gasteiger partial charge is 0.458 e. The molecule has 1 aromatic carbocycles. The minimum absolute atomic E-state index is 0.0108. The highest BCUT2D eigenvalue weighted by molar-refractivity contribution is 5.76. The van der Waals surface area contributed by atoms with Crippen LogP contribution in [0.5, 0.6) is 11.5 Å². The summed E-state index contributed by atoms with van der Waals surface area (Å²) in [5.41, 5.74) is 6.56. The molecule has 0 aliphatic rings. The number of benzene rings is 1. The first kappa shape index (κ1) is 35.5. The van der Waals surface area contributed by atoms with Gasteiger partial charge in [0.1, 0.15) is 36.6 Å². The maximum atomic E-state index is 12.7. The molecule has 12 nitrogen and oxygen atoms in total. The summed E-state index contributed by atoms with van der Waals surface area (Å²) in [6.07, 6.45) is -4.41. The second-order valence-corrected chi connectivity index (χ2v) is 10.3. The lowest BCUT2D eigenvalue weighted by Gasteiger charge is -2.23. The minimum Gasteiger partial charge on any atom is -0.458 e. The molecule has 3 unspecified atom stereocenters. The summed E-state index contributed by atoms with van der Waals surface area (Å²) in [6.45, 7) is 15.8. The minimum atomic E-state index is -1.11. The Bertz CT molecular complexity index is 1010. The fourth-order valence-electron chi connectivity index (χ4n) is 2.83. The van der Waals surface area contributed by atoms with Crippen molar-refractivity contribution in [1.82, 2.24) is 0 Å². The Morgan fingerprint density at radius 3 is 1.66 bits per heavy atom. The maximum Gasteiger partial charge on any atom is 0.514 e. The summed E-state index contributed by atoms with van der Waals surface area (Å²) in [4.78, 5) is 49.1. The van der Waals surface area contributed by atoms with Crippen molar-refractivity contribution in [2.24, 2.45) is 11.7 Å². The van der Waals surface area contributed by atoms with E-state index < -0.39 is 48.8 Å². The van der Waals surface area contributed by atoms with Gasteiger partial charge in [0.2, 0.25) is 0 Å². The molecular weight excluding hydrogens is 538 g/mol. The van der Waals surface area contributed by atoms with Gasteiger partial charge in [-0.05, 0) is 77.5 Å². The summed E-state index contributed by atoms with van der Waals surface area (Å²) in [7, 11) is 0. The van der Waals surface area contributed by atoms with Crippen molar-refractivity contribution >= 4 is 24.4 Å². The molecule has 0 fully saturated rings. The Kier molecular flexibility index (Phi) is 15.0. The molecule has 0 saturated heterocycles. The van der Waals surface area contributed by atoms with Crippen LogP contribution in [0, 0.1) is 5.92 Å². The van der Waals surface area contributed by atoms with E-state index in [4.69, 9.17) is 38.9 Å². The molecule has 0 aliphatic heterocycles. The number of carbonyl (C=O) groups is 4. The molecule has 0 aliphatic carbocycles. The van der Waals surface area contributed by atoms with Crippen molar-refractivity contribution in [3.63, 3.8) is 0 Å². The summed E-state index contributed by atoms with van der Waals surface area (Å²) in [5.74, 6) is -0.839. The zero-order chi connectivity index (χ0) is 31.3. The third-order valence-corrected chi connectivity index (χ3v) is 6.36. The molecule has 0 spiro atoms. The van der Waals surface area contributed by atoms with Crippen molar-refractivity contribution < 1.29 is 52.3 Å². The second-order valence-electron chi connectivity index (χ2n) is 10.3. The van der Waals surface area contributed by atoms with Crippen molar-refractivity contribution in [3.8, 4) is 11.5 Å². The molecule has 0 bridgehead atoms. The summed E-state index contributed by atoms with van der Waals surface area (Å²) < 4.78 is 36.6. The van der Waals surface area contributed by atoms with Crippen LogP contribution in [0.2, 0.25) is 0 Å². The van der Waals surface area contributed by atoms with E-state index in [0.717, 1.165) is 0 Å². The monoisotopic (exact) mass is 583 g/mol. The van der Waals surface area contributed by atoms with Gasteiger partial charge < -0.3 is 38.9 Å². The van der Waals surface area contributed by atoms with Gasteiger partial charge >= 0.3 is 24.4 Å². The summed E-state index contributed by atoms with van der Waals surface area (Å²) in [6, 6.07) is 3.23. The van der Waals surface area contributed by atoms with Crippen LogP contribution in [0.1, 0.15) is 80.7 Å². The SMILES string of the molecule is CCC(C)OC(=O)Oc1ccc(C[C@H](N)C(=O)O[C@@H](C)[C@H](C)OC(=O)OC(C)C(C)C)cc1OC(=O)OC(C)CC. The van der Waals surface area contributed by atoms with Gasteiger partial charge in [-0.1, -0.05) is 33.8 Å². The number of rotatable bonds is 14. The zero-order valence-corrected chi connectivity index (χ0v) is 25.5. The standard InChI is InChI=1S/C29H45NO11/c1-10-17(5)35-27(32)40-24-13-12-22(15-25(24)41-28(33)36-18(6)11-2)14-23(30)26(31)37-20(8)21(9)39-29(34)38-19(7)16(3)4/h12-13,15-21,23H,10-11,14,30H2,1-9H3/t17?,18?,19?,20-,21-,23-/m0/s1. The van der Waals surface area contributed by atoms with Gasteiger partial charge in [-0.25, -0.2) is 14.4 Å². The quantitative estimate of drug-likeness (QED) is 0.162. The Hall–Kier alpha value is -3.54. The molecule has 1 rings (SSSR count). The third-order valence-electron chi connectivity index (χ3n) is 6.36.